The number of pyridine rings is 1. The van der Waals surface area contributed by atoms with Gasteiger partial charge >= 0.3 is 7.12 Å². The first kappa shape index (κ1) is 23.2. The fraction of sp³-hybridized carbons (Fsp3) is 0.182. The van der Waals surface area contributed by atoms with Crippen LogP contribution in [0.15, 0.2) is 103 Å². The molecule has 0 atom stereocenters. The number of para-hydroxylation sites is 1. The number of nitrogens with zero attached hydrogens (tertiary/aromatic N) is 2. The summed E-state index contributed by atoms with van der Waals surface area (Å²) >= 11 is 0. The van der Waals surface area contributed by atoms with Crippen LogP contribution in [0.4, 0.5) is 0 Å². The second-order valence-electron chi connectivity index (χ2n) is 11.1. The molecule has 186 valence electrons. The van der Waals surface area contributed by atoms with E-state index in [1.54, 1.807) is 0 Å². The first-order valence-electron chi connectivity index (χ1n) is 13.2. The molecule has 1 saturated heterocycles. The lowest BCUT2D eigenvalue weighted by Gasteiger charge is -2.32. The van der Waals surface area contributed by atoms with E-state index in [2.05, 4.69) is 129 Å². The summed E-state index contributed by atoms with van der Waals surface area (Å²) < 4.78 is 15.1. The first-order valence-corrected chi connectivity index (χ1v) is 13.2. The second-order valence-corrected chi connectivity index (χ2v) is 11.1. The maximum atomic E-state index is 6.39. The summed E-state index contributed by atoms with van der Waals surface area (Å²) in [5.41, 5.74) is 6.60. The van der Waals surface area contributed by atoms with Crippen LogP contribution in [-0.4, -0.2) is 27.7 Å². The van der Waals surface area contributed by atoms with Gasteiger partial charge in [-0.25, -0.2) is 4.98 Å². The first-order chi connectivity index (χ1) is 18.3. The fourth-order valence-corrected chi connectivity index (χ4v) is 5.50. The smallest absolute Gasteiger partial charge is 0.399 e. The van der Waals surface area contributed by atoms with E-state index in [4.69, 9.17) is 14.3 Å². The van der Waals surface area contributed by atoms with Gasteiger partial charge in [-0.3, -0.25) is 4.40 Å². The molecule has 0 N–H and O–H groups in total. The van der Waals surface area contributed by atoms with Crippen LogP contribution in [0.3, 0.4) is 0 Å². The number of hydrogen-bond acceptors (Lipinski definition) is 3. The number of hydrogen-bond donors (Lipinski definition) is 0. The Morgan fingerprint density at radius 3 is 1.92 bits per heavy atom. The number of aromatic nitrogens is 2. The summed E-state index contributed by atoms with van der Waals surface area (Å²) in [5.74, 6) is 0. The van der Waals surface area contributed by atoms with E-state index in [0.29, 0.717) is 0 Å². The third kappa shape index (κ3) is 3.43. The predicted octanol–water partition coefficient (Wildman–Crippen LogP) is 7.27. The molecule has 0 radical (unpaired) electrons. The minimum atomic E-state index is -0.418. The molecule has 0 amide bonds. The quantitative estimate of drug-likeness (QED) is 0.191. The van der Waals surface area contributed by atoms with Crippen molar-refractivity contribution in [3.8, 4) is 22.5 Å². The van der Waals surface area contributed by atoms with Gasteiger partial charge in [-0.05, 0) is 44.6 Å². The zero-order valence-electron chi connectivity index (χ0n) is 22.1. The maximum absolute atomic E-state index is 6.39. The van der Waals surface area contributed by atoms with Gasteiger partial charge < -0.3 is 9.31 Å². The van der Waals surface area contributed by atoms with Gasteiger partial charge in [0.15, 0.2) is 0 Å². The van der Waals surface area contributed by atoms with Crippen LogP contribution in [0, 0.1) is 0 Å². The number of benzene rings is 4. The molecule has 4 nitrogen and oxygen atoms in total. The fourth-order valence-electron chi connectivity index (χ4n) is 5.50. The normalized spacial score (nSPS) is 16.6. The van der Waals surface area contributed by atoms with Crippen LogP contribution in [0.2, 0.25) is 0 Å². The summed E-state index contributed by atoms with van der Waals surface area (Å²) in [6.07, 6.45) is 0. The molecule has 0 aliphatic carbocycles. The highest BCUT2D eigenvalue weighted by atomic mass is 16.7. The van der Waals surface area contributed by atoms with Gasteiger partial charge in [0.05, 0.1) is 28.1 Å². The van der Waals surface area contributed by atoms with Crippen molar-refractivity contribution >= 4 is 39.9 Å². The van der Waals surface area contributed by atoms with Crippen molar-refractivity contribution in [2.24, 2.45) is 0 Å². The van der Waals surface area contributed by atoms with E-state index in [9.17, 15) is 0 Å². The molecular formula is C33H29BN2O2. The van der Waals surface area contributed by atoms with Gasteiger partial charge in [-0.1, -0.05) is 97.1 Å². The molecule has 38 heavy (non-hydrogen) atoms. The third-order valence-corrected chi connectivity index (χ3v) is 8.22. The summed E-state index contributed by atoms with van der Waals surface area (Å²) in [6, 6.07) is 36.1. The molecule has 2 aromatic heterocycles. The molecule has 1 aliphatic heterocycles. The van der Waals surface area contributed by atoms with Crippen molar-refractivity contribution in [3.05, 3.63) is 103 Å². The van der Waals surface area contributed by atoms with E-state index in [1.165, 1.54) is 5.39 Å². The van der Waals surface area contributed by atoms with Crippen LogP contribution in [0.1, 0.15) is 27.7 Å². The zero-order valence-corrected chi connectivity index (χ0v) is 22.1. The summed E-state index contributed by atoms with van der Waals surface area (Å²) in [5, 5.41) is 3.41. The summed E-state index contributed by atoms with van der Waals surface area (Å²) in [6.45, 7) is 8.36. The van der Waals surface area contributed by atoms with Crippen molar-refractivity contribution in [1.29, 1.82) is 0 Å². The lowest BCUT2D eigenvalue weighted by molar-refractivity contribution is 0.00578. The van der Waals surface area contributed by atoms with Gasteiger partial charge in [0.1, 0.15) is 5.65 Å². The SMILES string of the molecule is CC1(C)OB(c2ccc3c(c2)c2ccccc2n2c(-c4ccccc4)c(-c4ccccc4)nc32)OC1(C)C. The predicted molar refractivity (Wildman–Crippen MR) is 157 cm³/mol. The van der Waals surface area contributed by atoms with Gasteiger partial charge in [0.2, 0.25) is 0 Å². The van der Waals surface area contributed by atoms with Gasteiger partial charge in [0.25, 0.3) is 0 Å². The molecule has 0 bridgehead atoms. The Morgan fingerprint density at radius 2 is 1.24 bits per heavy atom. The van der Waals surface area contributed by atoms with E-state index >= 15 is 0 Å². The molecule has 0 unspecified atom stereocenters. The lowest BCUT2D eigenvalue weighted by atomic mass is 9.78. The van der Waals surface area contributed by atoms with Crippen LogP contribution in [-0.2, 0) is 9.31 Å². The summed E-state index contributed by atoms with van der Waals surface area (Å²) in [4.78, 5) is 5.31. The average molecular weight is 496 g/mol. The Bertz CT molecular complexity index is 1810. The van der Waals surface area contributed by atoms with Crippen LogP contribution in [0.5, 0.6) is 0 Å². The van der Waals surface area contributed by atoms with Crippen molar-refractivity contribution in [2.45, 2.75) is 38.9 Å². The van der Waals surface area contributed by atoms with Crippen LogP contribution < -0.4 is 5.46 Å². The average Bonchev–Trinajstić information content (AvgIpc) is 3.44. The van der Waals surface area contributed by atoms with E-state index in [0.717, 1.165) is 49.9 Å². The molecule has 5 heteroatoms. The third-order valence-electron chi connectivity index (χ3n) is 8.22. The molecule has 7 rings (SSSR count). The second kappa shape index (κ2) is 8.29. The van der Waals surface area contributed by atoms with Crippen molar-refractivity contribution in [2.75, 3.05) is 0 Å². The van der Waals surface area contributed by atoms with Crippen LogP contribution in [0.25, 0.3) is 49.8 Å². The number of rotatable bonds is 3. The zero-order chi connectivity index (χ0) is 26.1. The molecule has 4 aromatic carbocycles. The molecule has 0 spiro atoms. The van der Waals surface area contributed by atoms with E-state index in [-0.39, 0.29) is 0 Å². The van der Waals surface area contributed by atoms with E-state index < -0.39 is 18.3 Å². The van der Waals surface area contributed by atoms with E-state index in [1.807, 2.05) is 6.07 Å². The standard InChI is InChI=1S/C33H29BN2O2/c1-32(2)33(3,4)38-34(37-32)24-19-20-26-27(21-24)25-17-11-12-18-28(25)36-30(23-15-9-6-10-16-23)29(35-31(26)36)22-13-7-5-8-14-22/h5-21H,1-4H3. The van der Waals surface area contributed by atoms with Gasteiger partial charge in [0, 0.05) is 21.9 Å². The Morgan fingerprint density at radius 1 is 0.632 bits per heavy atom. The van der Waals surface area contributed by atoms with Crippen molar-refractivity contribution in [3.63, 3.8) is 0 Å². The topological polar surface area (TPSA) is 35.8 Å². The molecule has 6 aromatic rings. The van der Waals surface area contributed by atoms with Crippen molar-refractivity contribution in [1.82, 2.24) is 9.38 Å². The highest BCUT2D eigenvalue weighted by molar-refractivity contribution is 6.62. The van der Waals surface area contributed by atoms with Gasteiger partial charge in [-0.15, -0.1) is 0 Å². The summed E-state index contributed by atoms with van der Waals surface area (Å²) in [7, 11) is -0.418. The van der Waals surface area contributed by atoms with Crippen LogP contribution >= 0.6 is 0 Å². The number of fused-ring (bicyclic) bond motifs is 6. The van der Waals surface area contributed by atoms with Gasteiger partial charge in [-0.2, -0.15) is 0 Å². The molecular weight excluding hydrogens is 467 g/mol. The molecule has 0 saturated carbocycles. The monoisotopic (exact) mass is 496 g/mol. The Kier molecular flexibility index (Phi) is 5.06. The van der Waals surface area contributed by atoms with Crippen molar-refractivity contribution < 1.29 is 9.31 Å². The Labute approximate surface area is 223 Å². The minimum Gasteiger partial charge on any atom is -0.399 e. The number of imidazole rings is 1. The molecule has 1 aliphatic rings. The highest BCUT2D eigenvalue weighted by Crippen LogP contribution is 2.40. The largest absolute Gasteiger partial charge is 0.494 e. The lowest BCUT2D eigenvalue weighted by Crippen LogP contribution is -2.41. The molecule has 1 fully saturated rings. The molecule has 3 heterocycles. The Balaban J connectivity index is 1.55. The Hall–Kier alpha value is -3.93. The minimum absolute atomic E-state index is 0.392. The highest BCUT2D eigenvalue weighted by Gasteiger charge is 2.51. The maximum Gasteiger partial charge on any atom is 0.494 e.